The van der Waals surface area contributed by atoms with E-state index >= 15 is 0 Å². The van der Waals surface area contributed by atoms with Crippen LogP contribution in [0.5, 0.6) is 0 Å². The molecule has 1 N–H and O–H groups in total. The largest absolute Gasteiger partial charge is 0.374 e. The summed E-state index contributed by atoms with van der Waals surface area (Å²) in [6.45, 7) is 2.93. The Hall–Kier alpha value is -2.18. The third-order valence-corrected chi connectivity index (χ3v) is 4.74. The zero-order chi connectivity index (χ0) is 16.9. The molecule has 1 aromatic carbocycles. The highest BCUT2D eigenvalue weighted by Crippen LogP contribution is 2.26. The molecule has 0 spiro atoms. The SMILES string of the molecule is C[C@H]1CN(C(=O)CNC(=O)c2ccsc2)[C@@H](c2ccccc2)CO1. The highest BCUT2D eigenvalue weighted by Gasteiger charge is 2.31. The maximum Gasteiger partial charge on any atom is 0.252 e. The van der Waals surface area contributed by atoms with Crippen molar-refractivity contribution in [3.8, 4) is 0 Å². The smallest absolute Gasteiger partial charge is 0.252 e. The molecule has 2 heterocycles. The number of carbonyl (C=O) groups excluding carboxylic acids is 2. The number of rotatable bonds is 4. The maximum absolute atomic E-state index is 12.7. The molecule has 1 aliphatic heterocycles. The second-order valence-corrected chi connectivity index (χ2v) is 6.59. The lowest BCUT2D eigenvalue weighted by Crippen LogP contribution is -2.50. The number of morpholine rings is 1. The van der Waals surface area contributed by atoms with Crippen molar-refractivity contribution in [2.45, 2.75) is 19.1 Å². The average molecular weight is 344 g/mol. The van der Waals surface area contributed by atoms with Crippen molar-refractivity contribution >= 4 is 23.2 Å². The van der Waals surface area contributed by atoms with Crippen LogP contribution in [0.25, 0.3) is 0 Å². The Kier molecular flexibility index (Phi) is 5.27. The molecule has 2 aromatic rings. The fourth-order valence-corrected chi connectivity index (χ4v) is 3.42. The summed E-state index contributed by atoms with van der Waals surface area (Å²) >= 11 is 1.46. The fraction of sp³-hybridized carbons (Fsp3) is 0.333. The first-order valence-electron chi connectivity index (χ1n) is 7.91. The van der Waals surface area contributed by atoms with Crippen LogP contribution in [0.1, 0.15) is 28.9 Å². The van der Waals surface area contributed by atoms with E-state index in [2.05, 4.69) is 5.32 Å². The number of carbonyl (C=O) groups is 2. The minimum absolute atomic E-state index is 0.00919. The maximum atomic E-state index is 12.7. The summed E-state index contributed by atoms with van der Waals surface area (Å²) in [5.74, 6) is -0.315. The van der Waals surface area contributed by atoms with Crippen molar-refractivity contribution in [3.63, 3.8) is 0 Å². The first kappa shape index (κ1) is 16.7. The quantitative estimate of drug-likeness (QED) is 0.927. The normalized spacial score (nSPS) is 20.6. The lowest BCUT2D eigenvalue weighted by atomic mass is 10.0. The molecule has 1 fully saturated rings. The van der Waals surface area contributed by atoms with Crippen molar-refractivity contribution in [1.82, 2.24) is 10.2 Å². The summed E-state index contributed by atoms with van der Waals surface area (Å²) in [7, 11) is 0. The van der Waals surface area contributed by atoms with Crippen LogP contribution in [0.3, 0.4) is 0 Å². The molecule has 6 heteroatoms. The Morgan fingerprint density at radius 2 is 2.08 bits per heavy atom. The second-order valence-electron chi connectivity index (χ2n) is 5.81. The predicted octanol–water partition coefficient (Wildman–Crippen LogP) is 2.47. The number of nitrogens with zero attached hydrogens (tertiary/aromatic N) is 1. The second kappa shape index (κ2) is 7.59. The highest BCUT2D eigenvalue weighted by molar-refractivity contribution is 7.08. The van der Waals surface area contributed by atoms with Crippen LogP contribution >= 0.6 is 11.3 Å². The topological polar surface area (TPSA) is 58.6 Å². The first-order valence-corrected chi connectivity index (χ1v) is 8.86. The van der Waals surface area contributed by atoms with E-state index in [0.717, 1.165) is 5.56 Å². The summed E-state index contributed by atoms with van der Waals surface area (Å²) < 4.78 is 5.73. The lowest BCUT2D eigenvalue weighted by molar-refractivity contribution is -0.143. The van der Waals surface area contributed by atoms with E-state index in [1.54, 1.807) is 16.3 Å². The Balaban J connectivity index is 1.67. The minimum Gasteiger partial charge on any atom is -0.374 e. The monoisotopic (exact) mass is 344 g/mol. The molecule has 1 saturated heterocycles. The third kappa shape index (κ3) is 3.83. The Morgan fingerprint density at radius 1 is 1.29 bits per heavy atom. The number of benzene rings is 1. The molecule has 0 saturated carbocycles. The molecule has 0 unspecified atom stereocenters. The molecule has 1 aliphatic rings. The zero-order valence-electron chi connectivity index (χ0n) is 13.5. The fourth-order valence-electron chi connectivity index (χ4n) is 2.78. The van der Waals surface area contributed by atoms with Gasteiger partial charge < -0.3 is 15.0 Å². The summed E-state index contributed by atoms with van der Waals surface area (Å²) in [5.41, 5.74) is 1.63. The van der Waals surface area contributed by atoms with Gasteiger partial charge in [-0.15, -0.1) is 0 Å². The van der Waals surface area contributed by atoms with Crippen molar-refractivity contribution in [2.75, 3.05) is 19.7 Å². The Labute approximate surface area is 145 Å². The van der Waals surface area contributed by atoms with E-state index < -0.39 is 0 Å². The van der Waals surface area contributed by atoms with Gasteiger partial charge in [-0.2, -0.15) is 11.3 Å². The molecule has 5 nitrogen and oxygen atoms in total. The van der Waals surface area contributed by atoms with Crippen LogP contribution < -0.4 is 5.32 Å². The molecule has 0 radical (unpaired) electrons. The van der Waals surface area contributed by atoms with Crippen LogP contribution in [-0.2, 0) is 9.53 Å². The molecule has 0 aliphatic carbocycles. The molecule has 1 aromatic heterocycles. The molecule has 2 atom stereocenters. The van der Waals surface area contributed by atoms with Gasteiger partial charge >= 0.3 is 0 Å². The van der Waals surface area contributed by atoms with Crippen LogP contribution in [0.15, 0.2) is 47.2 Å². The summed E-state index contributed by atoms with van der Waals surface area (Å²) in [6, 6.07) is 11.5. The molecule has 2 amide bonds. The molecule has 3 rings (SSSR count). The Bertz CT molecular complexity index is 688. The predicted molar refractivity (Wildman–Crippen MR) is 93.0 cm³/mol. The van der Waals surface area contributed by atoms with E-state index in [1.165, 1.54) is 11.3 Å². The van der Waals surface area contributed by atoms with Crippen molar-refractivity contribution < 1.29 is 14.3 Å². The van der Waals surface area contributed by atoms with Crippen molar-refractivity contribution in [3.05, 3.63) is 58.3 Å². The van der Waals surface area contributed by atoms with Gasteiger partial charge in [0.15, 0.2) is 0 Å². The van der Waals surface area contributed by atoms with Gasteiger partial charge in [0, 0.05) is 17.5 Å². The molecular weight excluding hydrogens is 324 g/mol. The summed E-state index contributed by atoms with van der Waals surface area (Å²) in [6.07, 6.45) is -0.0125. The number of thiophene rings is 1. The van der Waals surface area contributed by atoms with E-state index in [1.807, 2.05) is 42.6 Å². The van der Waals surface area contributed by atoms with E-state index in [0.29, 0.717) is 18.7 Å². The van der Waals surface area contributed by atoms with Gasteiger partial charge in [-0.1, -0.05) is 30.3 Å². The van der Waals surface area contributed by atoms with Gasteiger partial charge in [0.05, 0.1) is 25.3 Å². The number of hydrogen-bond donors (Lipinski definition) is 1. The van der Waals surface area contributed by atoms with Crippen molar-refractivity contribution in [1.29, 1.82) is 0 Å². The van der Waals surface area contributed by atoms with E-state index in [9.17, 15) is 9.59 Å². The van der Waals surface area contributed by atoms with Crippen LogP contribution in [0.2, 0.25) is 0 Å². The van der Waals surface area contributed by atoms with Crippen LogP contribution in [0.4, 0.5) is 0 Å². The molecule has 24 heavy (non-hydrogen) atoms. The van der Waals surface area contributed by atoms with E-state index in [4.69, 9.17) is 4.74 Å². The number of hydrogen-bond acceptors (Lipinski definition) is 4. The minimum atomic E-state index is -0.220. The van der Waals surface area contributed by atoms with Gasteiger partial charge in [0.1, 0.15) is 0 Å². The molecule has 0 bridgehead atoms. The standard InChI is InChI=1S/C18H20N2O3S/c1-13-10-20(16(11-23-13)14-5-3-2-4-6-14)17(21)9-19-18(22)15-7-8-24-12-15/h2-8,12-13,16H,9-11H2,1H3,(H,19,22)/t13-,16+/m0/s1. The number of ether oxygens (including phenoxy) is 1. The Morgan fingerprint density at radius 3 is 2.79 bits per heavy atom. The first-order chi connectivity index (χ1) is 11.6. The third-order valence-electron chi connectivity index (χ3n) is 4.06. The van der Waals surface area contributed by atoms with Gasteiger partial charge in [0.2, 0.25) is 5.91 Å². The van der Waals surface area contributed by atoms with Crippen LogP contribution in [-0.4, -0.2) is 42.5 Å². The molecular formula is C18H20N2O3S. The molecule has 126 valence electrons. The van der Waals surface area contributed by atoms with Gasteiger partial charge in [0.25, 0.3) is 5.91 Å². The van der Waals surface area contributed by atoms with Gasteiger partial charge in [-0.05, 0) is 23.9 Å². The lowest BCUT2D eigenvalue weighted by Gasteiger charge is -2.39. The number of amides is 2. The van der Waals surface area contributed by atoms with E-state index in [-0.39, 0.29) is 30.5 Å². The highest BCUT2D eigenvalue weighted by atomic mass is 32.1. The summed E-state index contributed by atoms with van der Waals surface area (Å²) in [4.78, 5) is 26.5. The van der Waals surface area contributed by atoms with Crippen molar-refractivity contribution in [2.24, 2.45) is 0 Å². The van der Waals surface area contributed by atoms with Crippen LogP contribution in [0, 0.1) is 0 Å². The summed E-state index contributed by atoms with van der Waals surface area (Å²) in [5, 5.41) is 6.31. The van der Waals surface area contributed by atoms with Gasteiger partial charge in [-0.25, -0.2) is 0 Å². The van der Waals surface area contributed by atoms with Gasteiger partial charge in [-0.3, -0.25) is 9.59 Å². The average Bonchev–Trinajstić information content (AvgIpc) is 3.15. The zero-order valence-corrected chi connectivity index (χ0v) is 14.3. The number of nitrogens with one attached hydrogen (secondary N) is 1.